The molecule has 0 heterocycles. The minimum absolute atomic E-state index is 0.0392. The Labute approximate surface area is 180 Å². The smallest absolute Gasteiger partial charge is 0.390 e. The summed E-state index contributed by atoms with van der Waals surface area (Å²) in [5.74, 6) is 1.53. The van der Waals surface area contributed by atoms with Crippen LogP contribution in [0.1, 0.15) is 91.9 Å². The molecule has 4 aliphatic carbocycles. The van der Waals surface area contributed by atoms with Gasteiger partial charge in [0.2, 0.25) is 0 Å². The van der Waals surface area contributed by atoms with Gasteiger partial charge >= 0.3 is 6.18 Å². The molecule has 0 aliphatic heterocycles. The van der Waals surface area contributed by atoms with Crippen LogP contribution in [0.15, 0.2) is 0 Å². The monoisotopic (exact) mass is 430 g/mol. The molecule has 0 aromatic carbocycles. The highest BCUT2D eigenvalue weighted by atomic mass is 19.4. The largest absolute Gasteiger partial charge is 0.414 e. The van der Waals surface area contributed by atoms with Crippen LogP contribution < -0.4 is 0 Å². The molecule has 30 heavy (non-hydrogen) atoms. The first-order chi connectivity index (χ1) is 13.9. The summed E-state index contributed by atoms with van der Waals surface area (Å²) in [4.78, 5) is 0. The van der Waals surface area contributed by atoms with Gasteiger partial charge in [-0.05, 0) is 117 Å². The van der Waals surface area contributed by atoms with Crippen molar-refractivity contribution in [2.75, 3.05) is 0 Å². The number of halogens is 3. The molecule has 0 spiro atoms. The summed E-state index contributed by atoms with van der Waals surface area (Å²) in [6.07, 6.45) is 3.29. The molecule has 174 valence electrons. The second kappa shape index (κ2) is 7.37. The van der Waals surface area contributed by atoms with E-state index < -0.39 is 23.8 Å². The zero-order valence-electron chi connectivity index (χ0n) is 19.1. The molecule has 2 N–H and O–H groups in total. The quantitative estimate of drug-likeness (QED) is 0.548. The van der Waals surface area contributed by atoms with E-state index in [1.54, 1.807) is 6.92 Å². The second-order valence-electron chi connectivity index (χ2n) is 12.0. The fraction of sp³-hybridized carbons (Fsp3) is 1.00. The molecule has 4 aliphatic rings. The molecule has 4 rings (SSSR count). The van der Waals surface area contributed by atoms with Crippen LogP contribution in [0.3, 0.4) is 0 Å². The van der Waals surface area contributed by atoms with Crippen molar-refractivity contribution in [2.45, 2.75) is 110 Å². The van der Waals surface area contributed by atoms with Gasteiger partial charge in [0.15, 0.2) is 6.10 Å². The van der Waals surface area contributed by atoms with Crippen molar-refractivity contribution >= 4 is 0 Å². The Kier molecular flexibility index (Phi) is 5.62. The molecule has 0 bridgehead atoms. The third-order valence-electron chi connectivity index (χ3n) is 10.9. The van der Waals surface area contributed by atoms with Crippen molar-refractivity contribution in [3.8, 4) is 0 Å². The van der Waals surface area contributed by atoms with Crippen molar-refractivity contribution in [1.82, 2.24) is 0 Å². The predicted octanol–water partition coefficient (Wildman–Crippen LogP) is 6.35. The van der Waals surface area contributed by atoms with E-state index in [1.807, 2.05) is 6.92 Å². The molecule has 0 saturated heterocycles. The zero-order chi connectivity index (χ0) is 22.1. The molecule has 4 fully saturated rings. The van der Waals surface area contributed by atoms with Crippen LogP contribution in [0.25, 0.3) is 0 Å². The number of aliphatic hydroxyl groups is 2. The van der Waals surface area contributed by atoms with Gasteiger partial charge in [0.05, 0.1) is 5.60 Å². The molecular weight excluding hydrogens is 389 g/mol. The molecule has 5 heteroatoms. The van der Waals surface area contributed by atoms with Crippen molar-refractivity contribution < 1.29 is 23.4 Å². The van der Waals surface area contributed by atoms with Gasteiger partial charge in [0, 0.05) is 0 Å². The molecule has 0 aromatic heterocycles. The predicted molar refractivity (Wildman–Crippen MR) is 112 cm³/mol. The molecule has 2 nitrogen and oxygen atoms in total. The van der Waals surface area contributed by atoms with Crippen LogP contribution in [0.4, 0.5) is 13.2 Å². The fourth-order valence-corrected chi connectivity index (χ4v) is 9.29. The Hall–Kier alpha value is -0.290. The number of alkyl halides is 3. The summed E-state index contributed by atoms with van der Waals surface area (Å²) in [7, 11) is 0. The van der Waals surface area contributed by atoms with Crippen LogP contribution >= 0.6 is 0 Å². The summed E-state index contributed by atoms with van der Waals surface area (Å²) in [5.41, 5.74) is -0.323. The van der Waals surface area contributed by atoms with Crippen LogP contribution in [0.5, 0.6) is 0 Å². The van der Waals surface area contributed by atoms with E-state index in [0.29, 0.717) is 23.7 Å². The lowest BCUT2D eigenvalue weighted by atomic mass is 9.43. The van der Waals surface area contributed by atoms with Crippen molar-refractivity contribution in [2.24, 2.45) is 46.3 Å². The van der Waals surface area contributed by atoms with Gasteiger partial charge in [-0.25, -0.2) is 0 Å². The summed E-state index contributed by atoms with van der Waals surface area (Å²) in [6.45, 7) is 8.24. The molecular formula is C25H41F3O2. The van der Waals surface area contributed by atoms with Gasteiger partial charge in [-0.2, -0.15) is 13.2 Å². The Morgan fingerprint density at radius 3 is 2.30 bits per heavy atom. The number of rotatable bonds is 3. The number of hydrogen-bond acceptors (Lipinski definition) is 2. The Morgan fingerprint density at radius 2 is 1.67 bits per heavy atom. The first kappa shape index (κ1) is 22.9. The standard InChI is InChI=1S/C25H41F3O2/c1-5-24-11-10-19-17(7-6-16-14-22(3,30)12-13-23(16,19)4)20(24)9-8-18(24)15(2)21(29)25(26,27)28/h15-21,29-30H,5-14H2,1-4H3/t15-,16+,17+,18+,19-,20-,21-,22+,23-,24+/m0/s1. The normalized spacial score (nSPS) is 50.9. The van der Waals surface area contributed by atoms with Gasteiger partial charge in [0.25, 0.3) is 0 Å². The SMILES string of the molecule is CC[C@]12CC[C@H]3[C@@H](CC[C@@H]4C[C@](C)(O)CC[C@@]43C)[C@@H]1CC[C@@H]2[C@H](C)[C@H](O)C(F)(F)F. The second-order valence-corrected chi connectivity index (χ2v) is 12.0. The van der Waals surface area contributed by atoms with E-state index in [1.165, 1.54) is 0 Å². The minimum Gasteiger partial charge on any atom is -0.390 e. The van der Waals surface area contributed by atoms with Gasteiger partial charge in [-0.1, -0.05) is 20.8 Å². The maximum atomic E-state index is 13.3. The van der Waals surface area contributed by atoms with Crippen LogP contribution in [-0.4, -0.2) is 28.1 Å². The van der Waals surface area contributed by atoms with E-state index in [-0.39, 0.29) is 16.7 Å². The van der Waals surface area contributed by atoms with E-state index >= 15 is 0 Å². The van der Waals surface area contributed by atoms with E-state index in [9.17, 15) is 23.4 Å². The Morgan fingerprint density at radius 1 is 0.967 bits per heavy atom. The lowest BCUT2D eigenvalue weighted by Gasteiger charge is -2.62. The first-order valence-corrected chi connectivity index (χ1v) is 12.3. The molecule has 0 amide bonds. The van der Waals surface area contributed by atoms with Gasteiger partial charge in [-0.3, -0.25) is 0 Å². The lowest BCUT2D eigenvalue weighted by Crippen LogP contribution is -2.56. The fourth-order valence-electron chi connectivity index (χ4n) is 9.29. The summed E-state index contributed by atoms with van der Waals surface area (Å²) in [5, 5.41) is 20.7. The summed E-state index contributed by atoms with van der Waals surface area (Å²) >= 11 is 0. The average Bonchev–Trinajstić information content (AvgIpc) is 3.06. The Bertz CT molecular complexity index is 647. The van der Waals surface area contributed by atoms with Crippen LogP contribution in [0, 0.1) is 46.3 Å². The van der Waals surface area contributed by atoms with E-state index in [4.69, 9.17) is 0 Å². The lowest BCUT2D eigenvalue weighted by molar-refractivity contribution is -0.229. The van der Waals surface area contributed by atoms with Gasteiger partial charge in [-0.15, -0.1) is 0 Å². The molecule has 0 unspecified atom stereocenters. The first-order valence-electron chi connectivity index (χ1n) is 12.3. The molecule has 10 atom stereocenters. The summed E-state index contributed by atoms with van der Waals surface area (Å²) in [6, 6.07) is 0. The number of fused-ring (bicyclic) bond motifs is 5. The van der Waals surface area contributed by atoms with Crippen molar-refractivity contribution in [3.05, 3.63) is 0 Å². The summed E-state index contributed by atoms with van der Waals surface area (Å²) < 4.78 is 39.9. The highest BCUT2D eigenvalue weighted by Gasteiger charge is 2.63. The van der Waals surface area contributed by atoms with Crippen LogP contribution in [-0.2, 0) is 0 Å². The maximum Gasteiger partial charge on any atom is 0.414 e. The third-order valence-corrected chi connectivity index (χ3v) is 10.9. The number of aliphatic hydroxyl groups excluding tert-OH is 1. The maximum absolute atomic E-state index is 13.3. The number of hydrogen-bond donors (Lipinski definition) is 2. The molecule has 0 radical (unpaired) electrons. The molecule has 4 saturated carbocycles. The highest BCUT2D eigenvalue weighted by molar-refractivity contribution is 5.11. The van der Waals surface area contributed by atoms with Crippen molar-refractivity contribution in [1.29, 1.82) is 0 Å². The highest BCUT2D eigenvalue weighted by Crippen LogP contribution is 2.70. The zero-order valence-corrected chi connectivity index (χ0v) is 19.1. The Balaban J connectivity index is 1.59. The van der Waals surface area contributed by atoms with E-state index in [0.717, 1.165) is 64.2 Å². The molecule has 0 aromatic rings. The minimum atomic E-state index is -4.53. The topological polar surface area (TPSA) is 40.5 Å². The van der Waals surface area contributed by atoms with Gasteiger partial charge < -0.3 is 10.2 Å². The van der Waals surface area contributed by atoms with E-state index in [2.05, 4.69) is 13.8 Å². The van der Waals surface area contributed by atoms with Crippen molar-refractivity contribution in [3.63, 3.8) is 0 Å². The third kappa shape index (κ3) is 3.36. The van der Waals surface area contributed by atoms with Gasteiger partial charge in [0.1, 0.15) is 0 Å². The average molecular weight is 431 g/mol. The van der Waals surface area contributed by atoms with Crippen LogP contribution in [0.2, 0.25) is 0 Å².